The maximum absolute atomic E-state index is 12.4. The van der Waals surface area contributed by atoms with E-state index in [1.54, 1.807) is 44.4 Å². The second kappa shape index (κ2) is 8.23. The van der Waals surface area contributed by atoms with Crippen LogP contribution in [-0.2, 0) is 6.54 Å². The molecule has 0 saturated carbocycles. The first-order valence-corrected chi connectivity index (χ1v) is 7.51. The maximum atomic E-state index is 12.4. The van der Waals surface area contributed by atoms with Crippen molar-refractivity contribution in [3.05, 3.63) is 65.2 Å². The highest BCUT2D eigenvalue weighted by Crippen LogP contribution is 2.20. The van der Waals surface area contributed by atoms with E-state index >= 15 is 0 Å². The summed E-state index contributed by atoms with van der Waals surface area (Å²) in [4.78, 5) is 25.5. The summed E-state index contributed by atoms with van der Waals surface area (Å²) in [6, 6.07) is 12.6. The number of hydrogen-bond acceptors (Lipinski definition) is 3. The highest BCUT2D eigenvalue weighted by molar-refractivity contribution is 5.97. The third-order valence-corrected chi connectivity index (χ3v) is 3.41. The fraction of sp³-hybridized carbons (Fsp3) is 0.222. The van der Waals surface area contributed by atoms with Crippen molar-refractivity contribution in [2.24, 2.45) is 0 Å². The van der Waals surface area contributed by atoms with Gasteiger partial charge in [0, 0.05) is 26.2 Å². The zero-order valence-electron chi connectivity index (χ0n) is 13.8. The molecule has 0 unspecified atom stereocenters. The summed E-state index contributed by atoms with van der Waals surface area (Å²) in [6.45, 7) is -2.81. The molecule has 0 heterocycles. The summed E-state index contributed by atoms with van der Waals surface area (Å²) >= 11 is 0. The van der Waals surface area contributed by atoms with Gasteiger partial charge in [-0.1, -0.05) is 24.3 Å². The van der Waals surface area contributed by atoms with E-state index in [0.29, 0.717) is 5.56 Å². The van der Waals surface area contributed by atoms with Gasteiger partial charge >= 0.3 is 6.61 Å². The van der Waals surface area contributed by atoms with Crippen LogP contribution in [0.25, 0.3) is 0 Å². The number of carbonyl (C=O) groups excluding carboxylic acids is 2. The first-order chi connectivity index (χ1) is 11.9. The standard InChI is InChI=1S/C18H18F2N2O3/c1-22(2)17(24)13-9-7-12(8-10-13)11-21-16(23)14-5-3-4-6-15(14)25-18(19)20/h3-10,18H,11H2,1-2H3,(H,21,23). The van der Waals surface area contributed by atoms with Crippen molar-refractivity contribution < 1.29 is 23.1 Å². The van der Waals surface area contributed by atoms with Gasteiger partial charge in [0.05, 0.1) is 5.56 Å². The minimum Gasteiger partial charge on any atom is -0.434 e. The lowest BCUT2D eigenvalue weighted by atomic mass is 10.1. The van der Waals surface area contributed by atoms with Crippen molar-refractivity contribution in [3.8, 4) is 5.75 Å². The summed E-state index contributed by atoms with van der Waals surface area (Å²) in [5.41, 5.74) is 1.34. The number of halogens is 2. The van der Waals surface area contributed by atoms with Gasteiger partial charge in [0.2, 0.25) is 0 Å². The second-order valence-electron chi connectivity index (χ2n) is 5.45. The molecular formula is C18H18F2N2O3. The van der Waals surface area contributed by atoms with Gasteiger partial charge in [-0.2, -0.15) is 8.78 Å². The van der Waals surface area contributed by atoms with E-state index in [0.717, 1.165) is 5.56 Å². The number of carbonyl (C=O) groups is 2. The van der Waals surface area contributed by atoms with Crippen molar-refractivity contribution >= 4 is 11.8 Å². The van der Waals surface area contributed by atoms with Crippen LogP contribution >= 0.6 is 0 Å². The van der Waals surface area contributed by atoms with E-state index in [1.165, 1.54) is 23.1 Å². The molecule has 0 aliphatic heterocycles. The fourth-order valence-corrected chi connectivity index (χ4v) is 2.15. The molecule has 0 atom stereocenters. The van der Waals surface area contributed by atoms with Gasteiger partial charge in [-0.25, -0.2) is 0 Å². The van der Waals surface area contributed by atoms with E-state index in [2.05, 4.69) is 10.1 Å². The Morgan fingerprint density at radius 1 is 1.08 bits per heavy atom. The molecule has 7 heteroatoms. The van der Waals surface area contributed by atoms with Crippen LogP contribution in [0.1, 0.15) is 26.3 Å². The Kier molecular flexibility index (Phi) is 6.05. The first kappa shape index (κ1) is 18.4. The van der Waals surface area contributed by atoms with Crippen LogP contribution in [-0.4, -0.2) is 37.4 Å². The summed E-state index contributed by atoms with van der Waals surface area (Å²) in [5.74, 6) is -0.819. The molecule has 0 fully saturated rings. The zero-order chi connectivity index (χ0) is 18.4. The van der Waals surface area contributed by atoms with Gasteiger partial charge in [-0.05, 0) is 29.8 Å². The predicted octanol–water partition coefficient (Wildman–Crippen LogP) is 2.92. The van der Waals surface area contributed by atoms with E-state index in [-0.39, 0.29) is 23.8 Å². The van der Waals surface area contributed by atoms with Crippen LogP contribution in [0.4, 0.5) is 8.78 Å². The molecule has 132 valence electrons. The number of alkyl halides is 2. The molecule has 0 aliphatic carbocycles. The van der Waals surface area contributed by atoms with Gasteiger partial charge in [-0.15, -0.1) is 0 Å². The largest absolute Gasteiger partial charge is 0.434 e. The molecule has 0 radical (unpaired) electrons. The first-order valence-electron chi connectivity index (χ1n) is 7.51. The molecule has 0 saturated heterocycles. The third-order valence-electron chi connectivity index (χ3n) is 3.41. The van der Waals surface area contributed by atoms with Gasteiger partial charge < -0.3 is 15.0 Å². The normalized spacial score (nSPS) is 10.4. The van der Waals surface area contributed by atoms with Gasteiger partial charge in [0.25, 0.3) is 11.8 Å². The number of para-hydroxylation sites is 1. The molecule has 0 aromatic heterocycles. The molecule has 0 bridgehead atoms. The molecule has 0 aliphatic rings. The summed E-state index contributed by atoms with van der Waals surface area (Å²) < 4.78 is 29.1. The van der Waals surface area contributed by atoms with Crippen molar-refractivity contribution in [1.82, 2.24) is 10.2 Å². The van der Waals surface area contributed by atoms with E-state index < -0.39 is 12.5 Å². The van der Waals surface area contributed by atoms with Crippen LogP contribution < -0.4 is 10.1 Å². The Morgan fingerprint density at radius 3 is 2.32 bits per heavy atom. The highest BCUT2D eigenvalue weighted by atomic mass is 19.3. The average Bonchev–Trinajstić information content (AvgIpc) is 2.59. The summed E-state index contributed by atoms with van der Waals surface area (Å²) in [6.07, 6.45) is 0. The van der Waals surface area contributed by atoms with Crippen LogP contribution in [0.3, 0.4) is 0 Å². The highest BCUT2D eigenvalue weighted by Gasteiger charge is 2.15. The maximum Gasteiger partial charge on any atom is 0.387 e. The second-order valence-corrected chi connectivity index (χ2v) is 5.45. The molecule has 5 nitrogen and oxygen atoms in total. The minimum absolute atomic E-state index is 0.0298. The molecule has 2 rings (SSSR count). The van der Waals surface area contributed by atoms with Crippen LogP contribution in [0, 0.1) is 0 Å². The Morgan fingerprint density at radius 2 is 1.72 bits per heavy atom. The van der Waals surface area contributed by atoms with Crippen LogP contribution in [0.2, 0.25) is 0 Å². The van der Waals surface area contributed by atoms with Crippen molar-refractivity contribution in [2.45, 2.75) is 13.2 Å². The molecular weight excluding hydrogens is 330 g/mol. The topological polar surface area (TPSA) is 58.6 Å². The van der Waals surface area contributed by atoms with Gasteiger partial charge in [-0.3, -0.25) is 9.59 Å². The Hall–Kier alpha value is -2.96. The predicted molar refractivity (Wildman–Crippen MR) is 88.7 cm³/mol. The monoisotopic (exact) mass is 348 g/mol. The lowest BCUT2D eigenvalue weighted by Crippen LogP contribution is -2.24. The van der Waals surface area contributed by atoms with E-state index in [9.17, 15) is 18.4 Å². The zero-order valence-corrected chi connectivity index (χ0v) is 13.8. The Labute approximate surface area is 144 Å². The molecule has 1 N–H and O–H groups in total. The summed E-state index contributed by atoms with van der Waals surface area (Å²) in [5, 5.41) is 2.64. The quantitative estimate of drug-likeness (QED) is 0.873. The summed E-state index contributed by atoms with van der Waals surface area (Å²) in [7, 11) is 3.32. The van der Waals surface area contributed by atoms with E-state index in [1.807, 2.05) is 0 Å². The van der Waals surface area contributed by atoms with E-state index in [4.69, 9.17) is 0 Å². The number of amides is 2. The number of rotatable bonds is 6. The van der Waals surface area contributed by atoms with Crippen molar-refractivity contribution in [1.29, 1.82) is 0 Å². The van der Waals surface area contributed by atoms with Crippen LogP contribution in [0.15, 0.2) is 48.5 Å². The molecule has 2 amide bonds. The Bertz CT molecular complexity index is 746. The number of nitrogens with zero attached hydrogens (tertiary/aromatic N) is 1. The number of benzene rings is 2. The Balaban J connectivity index is 2.02. The number of hydrogen-bond donors (Lipinski definition) is 1. The fourth-order valence-electron chi connectivity index (χ4n) is 2.15. The third kappa shape index (κ3) is 5.00. The van der Waals surface area contributed by atoms with Crippen molar-refractivity contribution in [2.75, 3.05) is 14.1 Å². The van der Waals surface area contributed by atoms with Gasteiger partial charge in [0.15, 0.2) is 0 Å². The van der Waals surface area contributed by atoms with Gasteiger partial charge in [0.1, 0.15) is 5.75 Å². The van der Waals surface area contributed by atoms with Crippen LogP contribution in [0.5, 0.6) is 5.75 Å². The average molecular weight is 348 g/mol. The molecule has 2 aromatic rings. The lowest BCUT2D eigenvalue weighted by Gasteiger charge is -2.12. The molecule has 25 heavy (non-hydrogen) atoms. The molecule has 0 spiro atoms. The number of ether oxygens (including phenoxy) is 1. The smallest absolute Gasteiger partial charge is 0.387 e. The lowest BCUT2D eigenvalue weighted by molar-refractivity contribution is -0.0501. The number of nitrogens with one attached hydrogen (secondary N) is 1. The molecule has 2 aromatic carbocycles. The SMILES string of the molecule is CN(C)C(=O)c1ccc(CNC(=O)c2ccccc2OC(F)F)cc1. The minimum atomic E-state index is -3.00. The van der Waals surface area contributed by atoms with Crippen molar-refractivity contribution in [3.63, 3.8) is 0 Å².